The highest BCUT2D eigenvalue weighted by atomic mass is 14.2. The second kappa shape index (κ2) is 5.16. The van der Waals surface area contributed by atoms with Crippen LogP contribution >= 0.6 is 0 Å². The molecule has 0 heteroatoms. The smallest absolute Gasteiger partial charge is 0.0324 e. The molecule has 0 amide bonds. The van der Waals surface area contributed by atoms with E-state index in [9.17, 15) is 0 Å². The Labute approximate surface area is 114 Å². The first-order chi connectivity index (χ1) is 9.36. The molecule has 0 aromatic heterocycles. The van der Waals surface area contributed by atoms with Crippen molar-refractivity contribution in [3.63, 3.8) is 0 Å². The minimum Gasteiger partial charge on any atom is -0.0654 e. The molecule has 0 fully saturated rings. The molecule has 2 aromatic carbocycles. The number of allylic oxidation sites excluding steroid dienone is 1. The Morgan fingerprint density at radius 1 is 0.947 bits per heavy atom. The summed E-state index contributed by atoms with van der Waals surface area (Å²) in [6.45, 7) is 2.22. The van der Waals surface area contributed by atoms with Crippen molar-refractivity contribution in [3.8, 4) is 11.8 Å². The monoisotopic (exact) mass is 244 g/mol. The van der Waals surface area contributed by atoms with Gasteiger partial charge in [-0.25, -0.2) is 0 Å². The summed E-state index contributed by atoms with van der Waals surface area (Å²) in [4.78, 5) is 0. The summed E-state index contributed by atoms with van der Waals surface area (Å²) in [6.07, 6.45) is 4.53. The van der Waals surface area contributed by atoms with E-state index >= 15 is 0 Å². The molecule has 1 aliphatic carbocycles. The molecule has 2 aromatic rings. The zero-order valence-electron chi connectivity index (χ0n) is 11.1. The van der Waals surface area contributed by atoms with Gasteiger partial charge in [0.1, 0.15) is 0 Å². The Kier molecular flexibility index (Phi) is 3.21. The summed E-state index contributed by atoms with van der Waals surface area (Å²) < 4.78 is 0. The predicted molar refractivity (Wildman–Crippen MR) is 80.8 cm³/mol. The topological polar surface area (TPSA) is 0 Å². The molecule has 0 unspecified atom stereocenters. The van der Waals surface area contributed by atoms with Gasteiger partial charge in [0.25, 0.3) is 0 Å². The molecule has 1 aliphatic rings. The Hall–Kier alpha value is -2.26. The zero-order valence-corrected chi connectivity index (χ0v) is 11.1. The number of benzene rings is 2. The highest BCUT2D eigenvalue weighted by Gasteiger charge is 2.13. The molecule has 0 N–H and O–H groups in total. The zero-order chi connectivity index (χ0) is 13.1. The van der Waals surface area contributed by atoms with Crippen LogP contribution in [-0.2, 0) is 6.42 Å². The second-order valence-electron chi connectivity index (χ2n) is 4.83. The van der Waals surface area contributed by atoms with Crippen LogP contribution in [0.2, 0.25) is 0 Å². The van der Waals surface area contributed by atoms with Crippen LogP contribution in [0.4, 0.5) is 0 Å². The lowest BCUT2D eigenvalue weighted by Gasteiger charge is -2.00. The molecule has 0 bridgehead atoms. The van der Waals surface area contributed by atoms with Crippen molar-refractivity contribution in [3.05, 3.63) is 76.4 Å². The molecule has 0 saturated heterocycles. The molecular weight excluding hydrogens is 228 g/mol. The number of fused-ring (bicyclic) bond motifs is 1. The summed E-state index contributed by atoms with van der Waals surface area (Å²) in [7, 11) is 0. The van der Waals surface area contributed by atoms with Crippen molar-refractivity contribution in [1.29, 1.82) is 0 Å². The molecule has 0 nitrogen and oxygen atoms in total. The third-order valence-electron chi connectivity index (χ3n) is 3.53. The summed E-state index contributed by atoms with van der Waals surface area (Å²) >= 11 is 0. The average molecular weight is 244 g/mol. The van der Waals surface area contributed by atoms with E-state index in [1.807, 2.05) is 30.3 Å². The van der Waals surface area contributed by atoms with Crippen LogP contribution in [0.1, 0.15) is 35.6 Å². The largest absolute Gasteiger partial charge is 0.0654 e. The van der Waals surface area contributed by atoms with Gasteiger partial charge in [-0.1, -0.05) is 60.7 Å². The minimum atomic E-state index is 1.07. The molecule has 0 atom stereocenters. The lowest BCUT2D eigenvalue weighted by molar-refractivity contribution is 1.04. The SMILES string of the molecule is CCC1=Cc2c(C#Cc3ccccc3)cccc2C1. The van der Waals surface area contributed by atoms with Crippen LogP contribution in [0.5, 0.6) is 0 Å². The Balaban J connectivity index is 1.98. The van der Waals surface area contributed by atoms with Crippen LogP contribution in [0.3, 0.4) is 0 Å². The fourth-order valence-corrected chi connectivity index (χ4v) is 2.43. The second-order valence-corrected chi connectivity index (χ2v) is 4.83. The van der Waals surface area contributed by atoms with Crippen LogP contribution in [0.15, 0.2) is 54.1 Å². The molecule has 0 aliphatic heterocycles. The molecule has 0 radical (unpaired) electrons. The summed E-state index contributed by atoms with van der Waals surface area (Å²) in [5.41, 5.74) is 6.45. The quantitative estimate of drug-likeness (QED) is 0.651. The molecule has 0 saturated carbocycles. The molecule has 0 heterocycles. The highest BCUT2D eigenvalue weighted by molar-refractivity contribution is 5.70. The van der Waals surface area contributed by atoms with E-state index in [0.29, 0.717) is 0 Å². The fourth-order valence-electron chi connectivity index (χ4n) is 2.43. The van der Waals surface area contributed by atoms with E-state index in [0.717, 1.165) is 24.0 Å². The molecule has 19 heavy (non-hydrogen) atoms. The maximum atomic E-state index is 3.31. The predicted octanol–water partition coefficient (Wildman–Crippen LogP) is 4.44. The Bertz CT molecular complexity index is 679. The van der Waals surface area contributed by atoms with Gasteiger partial charge < -0.3 is 0 Å². The van der Waals surface area contributed by atoms with Gasteiger partial charge in [-0.2, -0.15) is 0 Å². The molecule has 0 spiro atoms. The first-order valence-electron chi connectivity index (χ1n) is 6.75. The Morgan fingerprint density at radius 2 is 1.79 bits per heavy atom. The summed E-state index contributed by atoms with van der Waals surface area (Å²) in [6, 6.07) is 16.6. The van der Waals surface area contributed by atoms with Gasteiger partial charge >= 0.3 is 0 Å². The lowest BCUT2D eigenvalue weighted by Crippen LogP contribution is -1.87. The third kappa shape index (κ3) is 2.46. The maximum absolute atomic E-state index is 3.31. The van der Waals surface area contributed by atoms with Crippen molar-refractivity contribution < 1.29 is 0 Å². The van der Waals surface area contributed by atoms with Crippen molar-refractivity contribution in [2.24, 2.45) is 0 Å². The van der Waals surface area contributed by atoms with Crippen molar-refractivity contribution >= 4 is 6.08 Å². The van der Waals surface area contributed by atoms with Crippen molar-refractivity contribution in [2.75, 3.05) is 0 Å². The standard InChI is InChI=1S/C19H16/c1-2-15-13-18-10-6-9-17(19(18)14-15)12-11-16-7-4-3-5-8-16/h3-10,14H,2,13H2,1H3. The molecule has 3 rings (SSSR count). The van der Waals surface area contributed by atoms with E-state index in [1.54, 1.807) is 0 Å². The van der Waals surface area contributed by atoms with Gasteiger partial charge in [0, 0.05) is 11.1 Å². The third-order valence-corrected chi connectivity index (χ3v) is 3.53. The van der Waals surface area contributed by atoms with E-state index in [1.165, 1.54) is 16.7 Å². The van der Waals surface area contributed by atoms with E-state index in [4.69, 9.17) is 0 Å². The first kappa shape index (κ1) is 11.8. The van der Waals surface area contributed by atoms with Gasteiger partial charge in [-0.05, 0) is 42.2 Å². The summed E-state index contributed by atoms with van der Waals surface area (Å²) in [5, 5.41) is 0. The van der Waals surface area contributed by atoms with Gasteiger partial charge in [0.15, 0.2) is 0 Å². The van der Waals surface area contributed by atoms with Crippen LogP contribution in [0.25, 0.3) is 6.08 Å². The van der Waals surface area contributed by atoms with Gasteiger partial charge in [-0.15, -0.1) is 0 Å². The van der Waals surface area contributed by atoms with Crippen LogP contribution < -0.4 is 0 Å². The fraction of sp³-hybridized carbons (Fsp3) is 0.158. The number of hydrogen-bond donors (Lipinski definition) is 0. The first-order valence-corrected chi connectivity index (χ1v) is 6.75. The normalized spacial score (nSPS) is 12.4. The highest BCUT2D eigenvalue weighted by Crippen LogP contribution is 2.28. The average Bonchev–Trinajstić information content (AvgIpc) is 2.90. The molecular formula is C19H16. The van der Waals surface area contributed by atoms with E-state index in [-0.39, 0.29) is 0 Å². The minimum absolute atomic E-state index is 1.07. The number of rotatable bonds is 1. The lowest BCUT2D eigenvalue weighted by atomic mass is 10.0. The van der Waals surface area contributed by atoms with E-state index < -0.39 is 0 Å². The Morgan fingerprint density at radius 3 is 2.58 bits per heavy atom. The molecule has 92 valence electrons. The van der Waals surface area contributed by atoms with Crippen LogP contribution in [0, 0.1) is 11.8 Å². The van der Waals surface area contributed by atoms with Gasteiger partial charge in [0.2, 0.25) is 0 Å². The van der Waals surface area contributed by atoms with Crippen LogP contribution in [-0.4, -0.2) is 0 Å². The summed E-state index contributed by atoms with van der Waals surface area (Å²) in [5.74, 6) is 6.56. The maximum Gasteiger partial charge on any atom is 0.0324 e. The van der Waals surface area contributed by atoms with Crippen molar-refractivity contribution in [2.45, 2.75) is 19.8 Å². The van der Waals surface area contributed by atoms with Gasteiger partial charge in [0.05, 0.1) is 0 Å². The van der Waals surface area contributed by atoms with E-state index in [2.05, 4.69) is 43.0 Å². The number of hydrogen-bond acceptors (Lipinski definition) is 0. The van der Waals surface area contributed by atoms with Gasteiger partial charge in [-0.3, -0.25) is 0 Å². The van der Waals surface area contributed by atoms with Crippen molar-refractivity contribution in [1.82, 2.24) is 0 Å².